The average Bonchev–Trinajstić information content (AvgIpc) is 2.59. The van der Waals surface area contributed by atoms with Crippen molar-refractivity contribution in [1.82, 2.24) is 0 Å². The van der Waals surface area contributed by atoms with Gasteiger partial charge >= 0.3 is 0 Å². The Morgan fingerprint density at radius 3 is 2.42 bits per heavy atom. The standard InChI is InChI=1S/C21H22ClN3O/c1-14-17(22)9-7-11-18(14)25-20(26)15(12-23)13-24-19-10-6-5-8-16(19)21(2,3)4/h5-11,13,24H,1-4H3,(H,25,26)/b15-13-. The summed E-state index contributed by atoms with van der Waals surface area (Å²) in [4.78, 5) is 12.4. The van der Waals surface area contributed by atoms with Gasteiger partial charge in [-0.05, 0) is 41.7 Å². The quantitative estimate of drug-likeness (QED) is 0.561. The smallest absolute Gasteiger partial charge is 0.267 e. The Morgan fingerprint density at radius 2 is 1.77 bits per heavy atom. The molecule has 4 nitrogen and oxygen atoms in total. The molecule has 0 aliphatic heterocycles. The van der Waals surface area contributed by atoms with Crippen LogP contribution in [0, 0.1) is 18.3 Å². The van der Waals surface area contributed by atoms with E-state index in [1.165, 1.54) is 6.20 Å². The maximum Gasteiger partial charge on any atom is 0.267 e. The predicted octanol–water partition coefficient (Wildman–Crippen LogP) is 5.40. The number of carbonyl (C=O) groups excluding carboxylic acids is 1. The molecule has 2 aromatic carbocycles. The van der Waals surface area contributed by atoms with Gasteiger partial charge < -0.3 is 10.6 Å². The first-order valence-corrected chi connectivity index (χ1v) is 8.64. The number of carbonyl (C=O) groups is 1. The summed E-state index contributed by atoms with van der Waals surface area (Å²) in [6.45, 7) is 8.14. The van der Waals surface area contributed by atoms with Gasteiger partial charge in [0.2, 0.25) is 0 Å². The molecule has 2 aromatic rings. The van der Waals surface area contributed by atoms with Crippen molar-refractivity contribution in [1.29, 1.82) is 5.26 Å². The third-order valence-electron chi connectivity index (χ3n) is 3.99. The van der Waals surface area contributed by atoms with E-state index in [1.54, 1.807) is 18.2 Å². The first kappa shape index (κ1) is 19.6. The molecule has 2 N–H and O–H groups in total. The Kier molecular flexibility index (Phi) is 6.07. The van der Waals surface area contributed by atoms with E-state index in [0.717, 1.165) is 16.8 Å². The van der Waals surface area contributed by atoms with Gasteiger partial charge in [-0.25, -0.2) is 0 Å². The van der Waals surface area contributed by atoms with Gasteiger partial charge in [-0.3, -0.25) is 4.79 Å². The average molecular weight is 368 g/mol. The third kappa shape index (κ3) is 4.65. The molecule has 0 atom stereocenters. The highest BCUT2D eigenvalue weighted by Crippen LogP contribution is 2.29. The molecule has 0 saturated carbocycles. The first-order chi connectivity index (χ1) is 12.2. The summed E-state index contributed by atoms with van der Waals surface area (Å²) in [5.74, 6) is -0.487. The summed E-state index contributed by atoms with van der Waals surface area (Å²) in [5.41, 5.74) is 3.21. The lowest BCUT2D eigenvalue weighted by Crippen LogP contribution is -2.16. The van der Waals surface area contributed by atoms with Crippen molar-refractivity contribution in [2.45, 2.75) is 33.1 Å². The van der Waals surface area contributed by atoms with E-state index in [9.17, 15) is 10.1 Å². The minimum Gasteiger partial charge on any atom is -0.360 e. The van der Waals surface area contributed by atoms with E-state index in [0.29, 0.717) is 10.7 Å². The summed E-state index contributed by atoms with van der Waals surface area (Å²) >= 11 is 6.07. The third-order valence-corrected chi connectivity index (χ3v) is 4.40. The maximum absolute atomic E-state index is 12.4. The van der Waals surface area contributed by atoms with E-state index in [-0.39, 0.29) is 11.0 Å². The zero-order chi connectivity index (χ0) is 19.3. The molecule has 0 unspecified atom stereocenters. The van der Waals surface area contributed by atoms with Gasteiger partial charge in [-0.2, -0.15) is 5.26 Å². The lowest BCUT2D eigenvalue weighted by atomic mass is 9.86. The van der Waals surface area contributed by atoms with Crippen LogP contribution in [0.4, 0.5) is 11.4 Å². The molecular weight excluding hydrogens is 346 g/mol. The Hall–Kier alpha value is -2.77. The molecule has 0 radical (unpaired) electrons. The number of amides is 1. The van der Waals surface area contributed by atoms with Crippen LogP contribution in [0.5, 0.6) is 0 Å². The SMILES string of the molecule is Cc1c(Cl)cccc1NC(=O)/C(C#N)=C\Nc1ccccc1C(C)(C)C. The minimum absolute atomic E-state index is 0.0203. The number of nitrogens with zero attached hydrogens (tertiary/aromatic N) is 1. The fraction of sp³-hybridized carbons (Fsp3) is 0.238. The van der Waals surface area contributed by atoms with Crippen molar-refractivity contribution >= 4 is 28.9 Å². The van der Waals surface area contributed by atoms with Crippen LogP contribution < -0.4 is 10.6 Å². The van der Waals surface area contributed by atoms with Crippen LogP contribution in [-0.4, -0.2) is 5.91 Å². The van der Waals surface area contributed by atoms with Gasteiger partial charge in [0.15, 0.2) is 0 Å². The second kappa shape index (κ2) is 8.07. The van der Waals surface area contributed by atoms with Gasteiger partial charge in [0.05, 0.1) is 0 Å². The van der Waals surface area contributed by atoms with Crippen LogP contribution in [0.15, 0.2) is 54.2 Å². The molecule has 0 spiro atoms. The number of para-hydroxylation sites is 1. The van der Waals surface area contributed by atoms with Crippen LogP contribution in [0.2, 0.25) is 5.02 Å². The van der Waals surface area contributed by atoms with Crippen molar-refractivity contribution < 1.29 is 4.79 Å². The van der Waals surface area contributed by atoms with Gasteiger partial charge in [-0.1, -0.05) is 56.6 Å². The summed E-state index contributed by atoms with van der Waals surface area (Å²) in [6.07, 6.45) is 1.43. The number of nitriles is 1. The number of benzene rings is 2. The minimum atomic E-state index is -0.487. The maximum atomic E-state index is 12.4. The fourth-order valence-electron chi connectivity index (χ4n) is 2.49. The largest absolute Gasteiger partial charge is 0.360 e. The van der Waals surface area contributed by atoms with Crippen LogP contribution >= 0.6 is 11.6 Å². The lowest BCUT2D eigenvalue weighted by Gasteiger charge is -2.22. The van der Waals surface area contributed by atoms with Crippen LogP contribution in [0.3, 0.4) is 0 Å². The second-order valence-electron chi connectivity index (χ2n) is 6.98. The monoisotopic (exact) mass is 367 g/mol. The van der Waals surface area contributed by atoms with Crippen molar-refractivity contribution in [3.05, 3.63) is 70.4 Å². The van der Waals surface area contributed by atoms with Crippen molar-refractivity contribution in [2.75, 3.05) is 10.6 Å². The number of hydrogen-bond acceptors (Lipinski definition) is 3. The molecule has 0 saturated heterocycles. The molecule has 0 heterocycles. The van der Waals surface area contributed by atoms with Gasteiger partial charge in [-0.15, -0.1) is 0 Å². The van der Waals surface area contributed by atoms with E-state index in [2.05, 4.69) is 31.4 Å². The molecule has 1 amide bonds. The summed E-state index contributed by atoms with van der Waals surface area (Å²) in [7, 11) is 0. The van der Waals surface area contributed by atoms with Crippen LogP contribution in [-0.2, 0) is 10.2 Å². The summed E-state index contributed by atoms with van der Waals surface area (Å²) < 4.78 is 0. The predicted molar refractivity (Wildman–Crippen MR) is 107 cm³/mol. The molecule has 5 heteroatoms. The van der Waals surface area contributed by atoms with Gasteiger partial charge in [0, 0.05) is 22.6 Å². The molecule has 2 rings (SSSR count). The van der Waals surface area contributed by atoms with E-state index < -0.39 is 5.91 Å². The summed E-state index contributed by atoms with van der Waals surface area (Å²) in [6, 6.07) is 15.0. The van der Waals surface area contributed by atoms with Crippen LogP contribution in [0.25, 0.3) is 0 Å². The molecule has 0 aromatic heterocycles. The molecule has 26 heavy (non-hydrogen) atoms. The normalized spacial score (nSPS) is 11.6. The first-order valence-electron chi connectivity index (χ1n) is 8.27. The highest BCUT2D eigenvalue weighted by Gasteiger charge is 2.17. The molecule has 134 valence electrons. The molecule has 0 fully saturated rings. The van der Waals surface area contributed by atoms with Crippen molar-refractivity contribution in [3.8, 4) is 6.07 Å². The van der Waals surface area contributed by atoms with E-state index in [4.69, 9.17) is 11.6 Å². The Bertz CT molecular complexity index is 889. The Balaban J connectivity index is 2.23. The topological polar surface area (TPSA) is 64.9 Å². The Morgan fingerprint density at radius 1 is 1.12 bits per heavy atom. The lowest BCUT2D eigenvalue weighted by molar-refractivity contribution is -0.112. The molecular formula is C21H22ClN3O. The second-order valence-corrected chi connectivity index (χ2v) is 7.38. The highest BCUT2D eigenvalue weighted by molar-refractivity contribution is 6.31. The van der Waals surface area contributed by atoms with Crippen LogP contribution in [0.1, 0.15) is 31.9 Å². The fourth-order valence-corrected chi connectivity index (χ4v) is 2.67. The van der Waals surface area contributed by atoms with Gasteiger partial charge in [0.1, 0.15) is 11.6 Å². The molecule has 0 aliphatic carbocycles. The van der Waals surface area contributed by atoms with Gasteiger partial charge in [0.25, 0.3) is 5.91 Å². The molecule has 0 aliphatic rings. The van der Waals surface area contributed by atoms with Crippen molar-refractivity contribution in [2.24, 2.45) is 0 Å². The zero-order valence-corrected chi connectivity index (χ0v) is 16.1. The number of rotatable bonds is 4. The van der Waals surface area contributed by atoms with Crippen molar-refractivity contribution in [3.63, 3.8) is 0 Å². The number of anilines is 2. The molecule has 0 bridgehead atoms. The Labute approximate surface area is 159 Å². The number of halogens is 1. The number of nitrogens with one attached hydrogen (secondary N) is 2. The highest BCUT2D eigenvalue weighted by atomic mass is 35.5. The van der Waals surface area contributed by atoms with E-state index >= 15 is 0 Å². The number of hydrogen-bond donors (Lipinski definition) is 2. The van der Waals surface area contributed by atoms with E-state index in [1.807, 2.05) is 37.3 Å². The zero-order valence-electron chi connectivity index (χ0n) is 15.4. The summed E-state index contributed by atoms with van der Waals surface area (Å²) in [5, 5.41) is 15.7.